The summed E-state index contributed by atoms with van der Waals surface area (Å²) in [6.07, 6.45) is 0.710. The Labute approximate surface area is 209 Å². The van der Waals surface area contributed by atoms with Crippen molar-refractivity contribution in [1.82, 2.24) is 23.7 Å². The number of rotatable bonds is 10. The molecule has 0 aliphatic carbocycles. The van der Waals surface area contributed by atoms with Crippen LogP contribution in [-0.4, -0.2) is 73.4 Å². The molecule has 1 fully saturated rings. The maximum absolute atomic E-state index is 13.1. The summed E-state index contributed by atoms with van der Waals surface area (Å²) in [4.78, 5) is 30.8. The molecule has 4 rings (SSSR count). The number of nitrogens with zero attached hydrogens (tertiary/aromatic N) is 3. The molecule has 0 saturated carbocycles. The Morgan fingerprint density at radius 2 is 1.86 bits per heavy atom. The van der Waals surface area contributed by atoms with Crippen molar-refractivity contribution in [2.45, 2.75) is 31.7 Å². The summed E-state index contributed by atoms with van der Waals surface area (Å²) in [6, 6.07) is 6.34. The molecular weight excluding hydrogens is 486 g/mol. The van der Waals surface area contributed by atoms with Gasteiger partial charge >= 0.3 is 5.69 Å². The van der Waals surface area contributed by atoms with Gasteiger partial charge in [0.1, 0.15) is 11.3 Å². The Bertz CT molecular complexity index is 1450. The van der Waals surface area contributed by atoms with E-state index in [1.54, 1.807) is 16.7 Å². The van der Waals surface area contributed by atoms with Gasteiger partial charge in [0, 0.05) is 45.3 Å². The van der Waals surface area contributed by atoms with Crippen molar-refractivity contribution in [3.05, 3.63) is 45.1 Å². The van der Waals surface area contributed by atoms with Gasteiger partial charge in [0.25, 0.3) is 5.56 Å². The number of aryl methyl sites for hydroxylation is 1. The molecule has 2 aromatic heterocycles. The van der Waals surface area contributed by atoms with Crippen LogP contribution in [0, 0.1) is 0 Å². The van der Waals surface area contributed by atoms with E-state index in [0.29, 0.717) is 61.9 Å². The SMILES string of the molecule is CCCn1c(=O)n(C)c(=O)c2[nH]c(-c3cc(S(=O)(=O)NCCN4CCOCC4)ccc3OCC)cc21. The van der Waals surface area contributed by atoms with Crippen molar-refractivity contribution in [3.8, 4) is 17.0 Å². The highest BCUT2D eigenvalue weighted by atomic mass is 32.2. The first-order chi connectivity index (χ1) is 17.3. The highest BCUT2D eigenvalue weighted by Crippen LogP contribution is 2.33. The van der Waals surface area contributed by atoms with Gasteiger partial charge in [-0.2, -0.15) is 0 Å². The minimum atomic E-state index is -3.79. The molecule has 3 heterocycles. The predicted molar refractivity (Wildman–Crippen MR) is 137 cm³/mol. The third-order valence-electron chi connectivity index (χ3n) is 6.25. The number of ether oxygens (including phenoxy) is 2. The van der Waals surface area contributed by atoms with Gasteiger partial charge in [-0.1, -0.05) is 6.92 Å². The molecule has 36 heavy (non-hydrogen) atoms. The highest BCUT2D eigenvalue weighted by molar-refractivity contribution is 7.89. The molecular formula is C24H33N5O6S. The first-order valence-electron chi connectivity index (χ1n) is 12.2. The maximum Gasteiger partial charge on any atom is 0.331 e. The zero-order chi connectivity index (χ0) is 25.9. The number of sulfonamides is 1. The summed E-state index contributed by atoms with van der Waals surface area (Å²) in [6.45, 7) is 8.31. The zero-order valence-corrected chi connectivity index (χ0v) is 21.7. The van der Waals surface area contributed by atoms with Gasteiger partial charge in [-0.25, -0.2) is 17.9 Å². The van der Waals surface area contributed by atoms with Crippen LogP contribution in [0.25, 0.3) is 22.3 Å². The van der Waals surface area contributed by atoms with Crippen LogP contribution in [-0.2, 0) is 28.4 Å². The molecule has 1 aromatic carbocycles. The summed E-state index contributed by atoms with van der Waals surface area (Å²) < 4.78 is 42.5. The fourth-order valence-corrected chi connectivity index (χ4v) is 5.40. The quantitative estimate of drug-likeness (QED) is 0.411. The fourth-order valence-electron chi connectivity index (χ4n) is 4.36. The molecule has 11 nitrogen and oxygen atoms in total. The molecule has 0 amide bonds. The van der Waals surface area contributed by atoms with Crippen LogP contribution in [0.4, 0.5) is 0 Å². The zero-order valence-electron chi connectivity index (χ0n) is 20.9. The normalized spacial score (nSPS) is 15.0. The van der Waals surface area contributed by atoms with E-state index in [-0.39, 0.29) is 17.0 Å². The molecule has 0 radical (unpaired) electrons. The predicted octanol–water partition coefficient (Wildman–Crippen LogP) is 1.11. The molecule has 0 unspecified atom stereocenters. The number of aromatic amines is 1. The van der Waals surface area contributed by atoms with Crippen LogP contribution in [0.3, 0.4) is 0 Å². The number of aromatic nitrogens is 3. The van der Waals surface area contributed by atoms with Crippen LogP contribution < -0.4 is 20.7 Å². The topological polar surface area (TPSA) is 128 Å². The molecule has 12 heteroatoms. The highest BCUT2D eigenvalue weighted by Gasteiger charge is 2.21. The Kier molecular flexibility index (Phi) is 7.98. The summed E-state index contributed by atoms with van der Waals surface area (Å²) in [5.41, 5.74) is 0.887. The fraction of sp³-hybridized carbons (Fsp3) is 0.500. The lowest BCUT2D eigenvalue weighted by Gasteiger charge is -2.26. The average Bonchev–Trinajstić information content (AvgIpc) is 3.31. The minimum Gasteiger partial charge on any atom is -0.493 e. The van der Waals surface area contributed by atoms with Crippen LogP contribution in [0.1, 0.15) is 20.3 Å². The smallest absolute Gasteiger partial charge is 0.331 e. The largest absolute Gasteiger partial charge is 0.493 e. The van der Waals surface area contributed by atoms with Crippen molar-refractivity contribution in [3.63, 3.8) is 0 Å². The lowest BCUT2D eigenvalue weighted by molar-refractivity contribution is 0.0390. The summed E-state index contributed by atoms with van der Waals surface area (Å²) in [5.74, 6) is 0.470. The molecule has 0 atom stereocenters. The molecule has 1 aliphatic heterocycles. The number of hydrogen-bond donors (Lipinski definition) is 2. The second kappa shape index (κ2) is 11.0. The van der Waals surface area contributed by atoms with Gasteiger partial charge in [-0.3, -0.25) is 18.8 Å². The third-order valence-corrected chi connectivity index (χ3v) is 7.71. The van der Waals surface area contributed by atoms with E-state index in [9.17, 15) is 18.0 Å². The Balaban J connectivity index is 1.71. The number of benzene rings is 1. The van der Waals surface area contributed by atoms with Crippen LogP contribution in [0.15, 0.2) is 38.8 Å². The molecule has 1 aliphatic rings. The monoisotopic (exact) mass is 519 g/mol. The van der Waals surface area contributed by atoms with E-state index in [1.165, 1.54) is 19.2 Å². The second-order valence-corrected chi connectivity index (χ2v) is 10.5. The van der Waals surface area contributed by atoms with E-state index in [1.807, 2.05) is 13.8 Å². The molecule has 0 spiro atoms. The molecule has 0 bridgehead atoms. The van der Waals surface area contributed by atoms with Gasteiger partial charge in [-0.15, -0.1) is 0 Å². The van der Waals surface area contributed by atoms with Crippen molar-refractivity contribution < 1.29 is 17.9 Å². The second-order valence-electron chi connectivity index (χ2n) is 8.68. The standard InChI is InChI=1S/C24H33N5O6S/c1-4-9-29-20-16-19(26-22(20)23(30)27(3)24(29)31)18-15-17(6-7-21(18)35-5-2)36(32,33)25-8-10-28-11-13-34-14-12-28/h6-7,15-16,25-26H,4-5,8-14H2,1-3H3. The number of hydrogen-bond acceptors (Lipinski definition) is 7. The van der Waals surface area contributed by atoms with Crippen molar-refractivity contribution in [2.24, 2.45) is 7.05 Å². The van der Waals surface area contributed by atoms with Gasteiger partial charge in [-0.05, 0) is 37.6 Å². The van der Waals surface area contributed by atoms with Crippen LogP contribution in [0.5, 0.6) is 5.75 Å². The molecule has 2 N–H and O–H groups in total. The van der Waals surface area contributed by atoms with E-state index in [0.717, 1.165) is 17.7 Å². The Hall–Kier alpha value is -2.93. The number of fused-ring (bicyclic) bond motifs is 1. The van der Waals surface area contributed by atoms with E-state index >= 15 is 0 Å². The van der Waals surface area contributed by atoms with Crippen molar-refractivity contribution >= 4 is 21.1 Å². The number of morpholine rings is 1. The lowest BCUT2D eigenvalue weighted by Crippen LogP contribution is -2.41. The Morgan fingerprint density at radius 1 is 1.11 bits per heavy atom. The van der Waals surface area contributed by atoms with Gasteiger partial charge in [0.15, 0.2) is 0 Å². The van der Waals surface area contributed by atoms with Gasteiger partial charge in [0.2, 0.25) is 10.0 Å². The summed E-state index contributed by atoms with van der Waals surface area (Å²) in [5, 5.41) is 0. The molecule has 3 aromatic rings. The van der Waals surface area contributed by atoms with Crippen molar-refractivity contribution in [1.29, 1.82) is 0 Å². The van der Waals surface area contributed by atoms with Gasteiger partial charge in [0.05, 0.1) is 35.9 Å². The maximum atomic E-state index is 13.1. The first kappa shape index (κ1) is 26.1. The van der Waals surface area contributed by atoms with E-state index in [4.69, 9.17) is 9.47 Å². The number of nitrogens with one attached hydrogen (secondary N) is 2. The molecule has 1 saturated heterocycles. The van der Waals surface area contributed by atoms with Crippen LogP contribution >= 0.6 is 0 Å². The molecule has 196 valence electrons. The minimum absolute atomic E-state index is 0.0837. The van der Waals surface area contributed by atoms with Crippen LogP contribution in [0.2, 0.25) is 0 Å². The first-order valence-corrected chi connectivity index (χ1v) is 13.6. The summed E-state index contributed by atoms with van der Waals surface area (Å²) >= 11 is 0. The average molecular weight is 520 g/mol. The van der Waals surface area contributed by atoms with E-state index < -0.39 is 21.3 Å². The Morgan fingerprint density at radius 3 is 2.56 bits per heavy atom. The third kappa shape index (κ3) is 5.26. The summed E-state index contributed by atoms with van der Waals surface area (Å²) in [7, 11) is -2.35. The lowest BCUT2D eigenvalue weighted by atomic mass is 10.1. The number of H-pyrrole nitrogens is 1. The van der Waals surface area contributed by atoms with E-state index in [2.05, 4.69) is 14.6 Å². The van der Waals surface area contributed by atoms with Crippen molar-refractivity contribution in [2.75, 3.05) is 46.0 Å². The van der Waals surface area contributed by atoms with Gasteiger partial charge < -0.3 is 14.5 Å².